The molecule has 0 saturated carbocycles. The average molecular weight is 223 g/mol. The van der Waals surface area contributed by atoms with Gasteiger partial charge in [0.1, 0.15) is 0 Å². The number of esters is 1. The van der Waals surface area contributed by atoms with Crippen molar-refractivity contribution in [3.8, 4) is 0 Å². The van der Waals surface area contributed by atoms with E-state index >= 15 is 0 Å². The van der Waals surface area contributed by atoms with Gasteiger partial charge < -0.3 is 11.9 Å². The van der Waals surface area contributed by atoms with Crippen LogP contribution in [0.4, 0.5) is 4.79 Å². The Morgan fingerprint density at radius 3 is 2.47 bits per heavy atom. The molecule has 15 heavy (non-hydrogen) atoms. The van der Waals surface area contributed by atoms with Crippen molar-refractivity contribution >= 4 is 12.1 Å². The fourth-order valence-corrected chi connectivity index (χ4v) is 0.968. The summed E-state index contributed by atoms with van der Waals surface area (Å²) in [5, 5.41) is 0. The fourth-order valence-electron chi connectivity index (χ4n) is 0.968. The molecular weight excluding hydrogens is 205 g/mol. The molecule has 0 radical (unpaired) electrons. The first kappa shape index (κ1) is 17.1. The van der Waals surface area contributed by atoms with E-state index in [0.717, 1.165) is 25.7 Å². The minimum atomic E-state index is -1.06. The van der Waals surface area contributed by atoms with Crippen molar-refractivity contribution in [1.29, 1.82) is 0 Å². The third kappa shape index (κ3) is 9.97. The third-order valence-electron chi connectivity index (χ3n) is 1.77. The maximum Gasteiger partial charge on any atom is 1.00 e. The van der Waals surface area contributed by atoms with Crippen LogP contribution < -0.4 is 35.3 Å². The summed E-state index contributed by atoms with van der Waals surface area (Å²) in [6.45, 7) is 3.72. The van der Waals surface area contributed by atoms with Gasteiger partial charge in [-0.25, -0.2) is 9.59 Å². The molecule has 82 valence electrons. The molecule has 0 heterocycles. The zero-order chi connectivity index (χ0) is 11.0. The molecule has 0 aromatic rings. The van der Waals surface area contributed by atoms with Crippen LogP contribution in [0.1, 0.15) is 41.0 Å². The van der Waals surface area contributed by atoms with Crippen molar-refractivity contribution in [2.24, 2.45) is 5.73 Å². The van der Waals surface area contributed by atoms with Crippen LogP contribution in [0.15, 0.2) is 11.6 Å². The molecule has 0 rings (SSSR count). The molecule has 0 aromatic heterocycles. The number of rotatable bonds is 5. The molecule has 0 spiro atoms. The SMILES string of the molecule is CCCCCC=C(C)C(=O)OC(N)=O.[H-].[Na+]. The summed E-state index contributed by atoms with van der Waals surface area (Å²) in [5.41, 5.74) is 5.13. The van der Waals surface area contributed by atoms with Crippen molar-refractivity contribution in [1.82, 2.24) is 0 Å². The Hall–Kier alpha value is -0.320. The van der Waals surface area contributed by atoms with Gasteiger partial charge in [0.05, 0.1) is 0 Å². The summed E-state index contributed by atoms with van der Waals surface area (Å²) in [5.74, 6) is -0.658. The van der Waals surface area contributed by atoms with E-state index in [1.165, 1.54) is 0 Å². The number of allylic oxidation sites excluding steroid dienone is 1. The number of primary amides is 1. The van der Waals surface area contributed by atoms with Gasteiger partial charge in [0.15, 0.2) is 0 Å². The van der Waals surface area contributed by atoms with Crippen LogP contribution >= 0.6 is 0 Å². The number of unbranched alkanes of at least 4 members (excludes halogenated alkanes) is 3. The summed E-state index contributed by atoms with van der Waals surface area (Å²) in [6.07, 6.45) is 4.84. The monoisotopic (exact) mass is 223 g/mol. The smallest absolute Gasteiger partial charge is 1.00 e. The maximum atomic E-state index is 11.0. The van der Waals surface area contributed by atoms with Gasteiger partial charge in [0.25, 0.3) is 0 Å². The second-order valence-electron chi connectivity index (χ2n) is 3.09. The van der Waals surface area contributed by atoms with Crippen LogP contribution in [-0.2, 0) is 9.53 Å². The van der Waals surface area contributed by atoms with Gasteiger partial charge in [-0.2, -0.15) is 0 Å². The Labute approximate surface area is 114 Å². The molecule has 0 fully saturated rings. The first-order chi connectivity index (χ1) is 6.57. The van der Waals surface area contributed by atoms with E-state index in [-0.39, 0.29) is 31.0 Å². The zero-order valence-corrected chi connectivity index (χ0v) is 11.7. The Morgan fingerprint density at radius 1 is 1.40 bits per heavy atom. The van der Waals surface area contributed by atoms with E-state index in [0.29, 0.717) is 5.57 Å². The van der Waals surface area contributed by atoms with E-state index in [2.05, 4.69) is 11.7 Å². The first-order valence-electron chi connectivity index (χ1n) is 4.76. The molecular formula is C10H18NNaO3. The van der Waals surface area contributed by atoms with Gasteiger partial charge in [-0.3, -0.25) is 0 Å². The van der Waals surface area contributed by atoms with E-state index in [1.54, 1.807) is 13.0 Å². The fraction of sp³-hybridized carbons (Fsp3) is 0.600. The molecule has 1 amide bonds. The molecule has 0 atom stereocenters. The number of ether oxygens (including phenoxy) is 1. The Kier molecular flexibility index (Phi) is 11.6. The molecule has 0 unspecified atom stereocenters. The van der Waals surface area contributed by atoms with Crippen LogP contribution in [0.3, 0.4) is 0 Å². The molecule has 5 heteroatoms. The largest absolute Gasteiger partial charge is 1.00 e. The van der Waals surface area contributed by atoms with Crippen LogP contribution in [0.5, 0.6) is 0 Å². The van der Waals surface area contributed by atoms with Crippen molar-refractivity contribution in [3.63, 3.8) is 0 Å². The molecule has 4 nitrogen and oxygen atoms in total. The summed E-state index contributed by atoms with van der Waals surface area (Å²) < 4.78 is 4.20. The predicted octanol–water partition coefficient (Wildman–Crippen LogP) is -0.749. The average Bonchev–Trinajstić information content (AvgIpc) is 2.11. The molecule has 0 aliphatic carbocycles. The number of hydrogen-bond acceptors (Lipinski definition) is 3. The number of amides is 1. The summed E-state index contributed by atoms with van der Waals surface area (Å²) in [6, 6.07) is 0. The quantitative estimate of drug-likeness (QED) is 0.219. The number of carbonyl (C=O) groups is 2. The van der Waals surface area contributed by atoms with Gasteiger partial charge in [0.2, 0.25) is 0 Å². The first-order valence-corrected chi connectivity index (χ1v) is 4.76. The molecule has 2 N–H and O–H groups in total. The van der Waals surface area contributed by atoms with Gasteiger partial charge in [0, 0.05) is 5.57 Å². The van der Waals surface area contributed by atoms with Gasteiger partial charge in [-0.15, -0.1) is 0 Å². The standard InChI is InChI=1S/C10H17NO3.Na.H/c1-3-4-5-6-7-8(2)9(12)14-10(11)13;;/h7H,3-6H2,1-2H3,(H2,11,13);;/q;+1;-1. The van der Waals surface area contributed by atoms with Crippen molar-refractivity contribution in [3.05, 3.63) is 11.6 Å². The molecule has 0 saturated heterocycles. The Morgan fingerprint density at radius 2 is 2.00 bits per heavy atom. The second-order valence-corrected chi connectivity index (χ2v) is 3.09. The molecule has 0 aliphatic rings. The van der Waals surface area contributed by atoms with Gasteiger partial charge >= 0.3 is 41.6 Å². The minimum absolute atomic E-state index is 0. The van der Waals surface area contributed by atoms with Gasteiger partial charge in [-0.1, -0.05) is 25.8 Å². The zero-order valence-electron chi connectivity index (χ0n) is 10.7. The van der Waals surface area contributed by atoms with Crippen molar-refractivity contribution < 1.29 is 45.3 Å². The molecule has 0 bridgehead atoms. The summed E-state index contributed by atoms with van der Waals surface area (Å²) >= 11 is 0. The number of nitrogens with two attached hydrogens (primary N) is 1. The topological polar surface area (TPSA) is 69.4 Å². The van der Waals surface area contributed by atoms with Crippen LogP contribution in [0.25, 0.3) is 0 Å². The van der Waals surface area contributed by atoms with Gasteiger partial charge in [-0.05, 0) is 19.8 Å². The summed E-state index contributed by atoms with van der Waals surface area (Å²) in [7, 11) is 0. The van der Waals surface area contributed by atoms with Crippen LogP contribution in [-0.4, -0.2) is 12.1 Å². The van der Waals surface area contributed by atoms with Crippen molar-refractivity contribution in [2.75, 3.05) is 0 Å². The van der Waals surface area contributed by atoms with E-state index in [4.69, 9.17) is 5.73 Å². The third-order valence-corrected chi connectivity index (χ3v) is 1.77. The molecule has 0 aromatic carbocycles. The summed E-state index contributed by atoms with van der Waals surface area (Å²) in [4.78, 5) is 21.3. The minimum Gasteiger partial charge on any atom is -1.00 e. The second kappa shape index (κ2) is 10.2. The van der Waals surface area contributed by atoms with Crippen LogP contribution in [0, 0.1) is 0 Å². The van der Waals surface area contributed by atoms with Crippen LogP contribution in [0.2, 0.25) is 0 Å². The van der Waals surface area contributed by atoms with E-state index < -0.39 is 12.1 Å². The number of hydrogen-bond donors (Lipinski definition) is 1. The predicted molar refractivity (Wildman–Crippen MR) is 54.7 cm³/mol. The van der Waals surface area contributed by atoms with Crippen molar-refractivity contribution in [2.45, 2.75) is 39.5 Å². The normalized spacial score (nSPS) is 10.4. The Balaban J connectivity index is -0.000000845. The molecule has 0 aliphatic heterocycles. The van der Waals surface area contributed by atoms with E-state index in [9.17, 15) is 9.59 Å². The number of carbonyl (C=O) groups excluding carboxylic acids is 2. The Bertz CT molecular complexity index is 244. The van der Waals surface area contributed by atoms with E-state index in [1.807, 2.05) is 0 Å². The maximum absolute atomic E-state index is 11.0.